The first-order chi connectivity index (χ1) is 19.8. The molecule has 6 heteroatoms. The van der Waals surface area contributed by atoms with E-state index in [4.69, 9.17) is 19.9 Å². The van der Waals surface area contributed by atoms with Gasteiger partial charge in [0.15, 0.2) is 0 Å². The zero-order valence-corrected chi connectivity index (χ0v) is 26.6. The second-order valence-corrected chi connectivity index (χ2v) is 10.9. The van der Waals surface area contributed by atoms with Gasteiger partial charge in [0, 0.05) is 4.90 Å². The van der Waals surface area contributed by atoms with E-state index in [2.05, 4.69) is 104 Å². The minimum absolute atomic E-state index is 0. The van der Waals surface area contributed by atoms with Crippen molar-refractivity contribution in [1.29, 1.82) is 0 Å². The molecule has 2 aromatic carbocycles. The number of thioether (sulfide) groups is 1. The van der Waals surface area contributed by atoms with Crippen molar-refractivity contribution in [2.45, 2.75) is 18.2 Å². The van der Waals surface area contributed by atoms with Gasteiger partial charge in [0.2, 0.25) is 0 Å². The van der Waals surface area contributed by atoms with Gasteiger partial charge >= 0.3 is 19.5 Å². The van der Waals surface area contributed by atoms with Crippen LogP contribution in [0, 0.1) is 0 Å². The predicted molar refractivity (Wildman–Crippen MR) is 169 cm³/mol. The quantitative estimate of drug-likeness (QED) is 0.146. The first-order valence-corrected chi connectivity index (χ1v) is 14.5. The molecule has 5 heterocycles. The summed E-state index contributed by atoms with van der Waals surface area (Å²) >= 11 is 1.81. The number of benzene rings is 2. The maximum absolute atomic E-state index is 5.18. The molecule has 0 saturated carbocycles. The van der Waals surface area contributed by atoms with Gasteiger partial charge in [-0.05, 0) is 58.7 Å². The maximum Gasteiger partial charge on any atom is 2.00 e. The van der Waals surface area contributed by atoms with Crippen LogP contribution < -0.4 is 9.97 Å². The summed E-state index contributed by atoms with van der Waals surface area (Å²) in [5.41, 5.74) is 11.4. The van der Waals surface area contributed by atoms with Crippen LogP contribution in [0.2, 0.25) is 0 Å². The van der Waals surface area contributed by atoms with Crippen molar-refractivity contribution in [2.24, 2.45) is 0 Å². The second kappa shape index (κ2) is 11.9. The minimum atomic E-state index is 0. The molecule has 7 rings (SSSR count). The van der Waals surface area contributed by atoms with Gasteiger partial charge in [0.1, 0.15) is 0 Å². The number of aromatic nitrogens is 4. The van der Waals surface area contributed by atoms with Gasteiger partial charge in [0.05, 0.1) is 22.8 Å². The van der Waals surface area contributed by atoms with Gasteiger partial charge in [-0.3, -0.25) is 0 Å². The van der Waals surface area contributed by atoms with E-state index in [9.17, 15) is 0 Å². The first kappa shape index (κ1) is 27.2. The molecule has 0 radical (unpaired) electrons. The zero-order valence-electron chi connectivity index (χ0n) is 22.8. The van der Waals surface area contributed by atoms with Crippen LogP contribution in [-0.2, 0) is 19.5 Å². The molecule has 3 aromatic heterocycles. The van der Waals surface area contributed by atoms with Crippen LogP contribution in [0.5, 0.6) is 0 Å². The number of hydrogen-bond donors (Lipinski definition) is 0. The monoisotopic (exact) mass is 598 g/mol. The molecular weight excluding hydrogens is 574 g/mol. The zero-order chi connectivity index (χ0) is 26.9. The molecule has 0 N–H and O–H groups in total. The molecule has 4 nitrogen and oxygen atoms in total. The fourth-order valence-electron chi connectivity index (χ4n) is 5.15. The van der Waals surface area contributed by atoms with E-state index in [1.54, 1.807) is 0 Å². The fourth-order valence-corrected chi connectivity index (χ4v) is 6.08. The third-order valence-electron chi connectivity index (χ3n) is 6.96. The Morgan fingerprint density at radius 2 is 1.20 bits per heavy atom. The molecule has 194 valence electrons. The Labute approximate surface area is 256 Å². The van der Waals surface area contributed by atoms with E-state index in [0.717, 1.165) is 84.2 Å². The standard InChI is InChI=1S/C35H26N4S.Zn/c1-2-21-40-35-31-19-17-29(38-31)33(23-9-5-3-6-10-23)27-15-13-25(36-27)22-26-14-16-28(37-26)34(24-11-7-4-8-12-24)30-18-20-32(35)39-30;/h3-20,22H,2,21H2,1H3;/q-2;+2. The van der Waals surface area contributed by atoms with Crippen molar-refractivity contribution in [2.75, 3.05) is 5.75 Å². The van der Waals surface area contributed by atoms with E-state index in [1.807, 2.05) is 30.0 Å². The Morgan fingerprint density at radius 1 is 0.610 bits per heavy atom. The molecule has 0 spiro atoms. The predicted octanol–water partition coefficient (Wildman–Crippen LogP) is 8.75. The summed E-state index contributed by atoms with van der Waals surface area (Å²) in [7, 11) is 0. The number of hydrogen-bond acceptors (Lipinski definition) is 3. The van der Waals surface area contributed by atoms with Crippen molar-refractivity contribution in [3.05, 3.63) is 114 Å². The topological polar surface area (TPSA) is 54.0 Å². The van der Waals surface area contributed by atoms with Crippen LogP contribution >= 0.6 is 11.8 Å². The Morgan fingerprint density at radius 3 is 1.90 bits per heavy atom. The summed E-state index contributed by atoms with van der Waals surface area (Å²) in [4.78, 5) is 21.5. The second-order valence-electron chi connectivity index (χ2n) is 9.75. The van der Waals surface area contributed by atoms with Crippen molar-refractivity contribution in [1.82, 2.24) is 19.9 Å². The molecule has 2 aliphatic heterocycles. The number of nitrogens with zero attached hydrogens (tertiary/aromatic N) is 4. The molecule has 0 atom stereocenters. The van der Waals surface area contributed by atoms with Crippen LogP contribution in [0.4, 0.5) is 0 Å². The Bertz CT molecular complexity index is 1900. The normalized spacial score (nSPS) is 11.9. The van der Waals surface area contributed by atoms with Gasteiger partial charge in [-0.1, -0.05) is 97.9 Å². The summed E-state index contributed by atoms with van der Waals surface area (Å²) in [6.45, 7) is 2.20. The molecule has 41 heavy (non-hydrogen) atoms. The number of fused-ring (bicyclic) bond motifs is 8. The largest absolute Gasteiger partial charge is 2.00 e. The minimum Gasteiger partial charge on any atom is -0.657 e. The summed E-state index contributed by atoms with van der Waals surface area (Å²) < 4.78 is 0. The third-order valence-corrected chi connectivity index (χ3v) is 8.28. The molecule has 0 amide bonds. The average molecular weight is 600 g/mol. The van der Waals surface area contributed by atoms with Gasteiger partial charge < -0.3 is 9.97 Å². The van der Waals surface area contributed by atoms with Gasteiger partial charge in [-0.15, -0.1) is 33.8 Å². The van der Waals surface area contributed by atoms with Crippen molar-refractivity contribution < 1.29 is 19.5 Å². The van der Waals surface area contributed by atoms with E-state index in [0.29, 0.717) is 0 Å². The summed E-state index contributed by atoms with van der Waals surface area (Å²) in [5.74, 6) is 0.988. The summed E-state index contributed by atoms with van der Waals surface area (Å²) in [6, 6.07) is 31.2. The van der Waals surface area contributed by atoms with Crippen molar-refractivity contribution >= 4 is 58.1 Å². The molecule has 5 aromatic rings. The van der Waals surface area contributed by atoms with E-state index in [1.165, 1.54) is 0 Å². The molecule has 0 saturated heterocycles. The van der Waals surface area contributed by atoms with Crippen molar-refractivity contribution in [3.63, 3.8) is 0 Å². The molecule has 0 fully saturated rings. The van der Waals surface area contributed by atoms with Crippen LogP contribution in [0.25, 0.3) is 68.6 Å². The Balaban J connectivity index is 0.00000302. The molecular formula is C35H26N4SZn. The van der Waals surface area contributed by atoms with Crippen LogP contribution in [0.15, 0.2) is 95.9 Å². The van der Waals surface area contributed by atoms with Gasteiger partial charge in [0.25, 0.3) is 0 Å². The molecule has 0 unspecified atom stereocenters. The fraction of sp³-hybridized carbons (Fsp3) is 0.0857. The SMILES string of the molecule is CCCSc1c2nc(c(-c3ccccc3)c3ccc(cc4nc(c(-c5ccccc5)c5ccc1[n-]5)C=C4)[n-]3)C=C2.[Zn+2]. The van der Waals surface area contributed by atoms with Crippen LogP contribution in [-0.4, -0.2) is 15.7 Å². The van der Waals surface area contributed by atoms with Gasteiger partial charge in [-0.2, -0.15) is 0 Å². The van der Waals surface area contributed by atoms with Crippen LogP contribution in [0.3, 0.4) is 0 Å². The van der Waals surface area contributed by atoms with E-state index < -0.39 is 0 Å². The summed E-state index contributed by atoms with van der Waals surface area (Å²) in [6.07, 6.45) is 9.42. The smallest absolute Gasteiger partial charge is 0.657 e. The maximum atomic E-state index is 5.18. The van der Waals surface area contributed by atoms with Gasteiger partial charge in [-0.25, -0.2) is 9.97 Å². The molecule has 2 aliphatic rings. The first-order valence-electron chi connectivity index (χ1n) is 13.5. The Kier molecular flexibility index (Phi) is 7.87. The average Bonchev–Trinajstić information content (AvgIpc) is 3.81. The molecule has 0 aliphatic carbocycles. The van der Waals surface area contributed by atoms with E-state index >= 15 is 0 Å². The summed E-state index contributed by atoms with van der Waals surface area (Å²) in [5, 5.41) is 0. The van der Waals surface area contributed by atoms with Crippen molar-refractivity contribution in [3.8, 4) is 22.3 Å². The number of rotatable bonds is 5. The molecule has 8 bridgehead atoms. The Hall–Kier alpha value is -3.99. The third kappa shape index (κ3) is 5.38. The van der Waals surface area contributed by atoms with E-state index in [-0.39, 0.29) is 19.5 Å². The van der Waals surface area contributed by atoms with Crippen LogP contribution in [0.1, 0.15) is 36.1 Å².